The number of carbonyl (C=O) groups excluding carboxylic acids is 1. The lowest BCUT2D eigenvalue weighted by Gasteiger charge is -2.36. The molecule has 1 unspecified atom stereocenters. The molecule has 0 bridgehead atoms. The second kappa shape index (κ2) is 8.35. The molecular formula is C20H23FN4O3. The third-order valence-electron chi connectivity index (χ3n) is 4.64. The largest absolute Gasteiger partial charge is 0.377 e. The molecule has 148 valence electrons. The van der Waals surface area contributed by atoms with Crippen LogP contribution in [0.15, 0.2) is 42.5 Å². The molecule has 2 aromatic rings. The first kappa shape index (κ1) is 19.8. The van der Waals surface area contributed by atoms with Crippen LogP contribution in [0.25, 0.3) is 0 Å². The van der Waals surface area contributed by atoms with E-state index in [0.29, 0.717) is 30.9 Å². The van der Waals surface area contributed by atoms with Crippen molar-refractivity contribution in [2.24, 2.45) is 0 Å². The number of nitro groups is 1. The number of piperazine rings is 1. The number of nitro benzene ring substituents is 1. The highest BCUT2D eigenvalue weighted by atomic mass is 19.1. The highest BCUT2D eigenvalue weighted by Crippen LogP contribution is 2.29. The van der Waals surface area contributed by atoms with Crippen LogP contribution in [0.2, 0.25) is 0 Å². The average molecular weight is 386 g/mol. The van der Waals surface area contributed by atoms with Gasteiger partial charge >= 0.3 is 0 Å². The number of nitrogens with one attached hydrogen (secondary N) is 2. The SMILES string of the molecule is CC(C)Nc1cc(C(=O)N2CCNCC2c2ccc(F)cc2)ccc1[N+](=O)[O-]. The second-order valence-electron chi connectivity index (χ2n) is 7.06. The van der Waals surface area contributed by atoms with Gasteiger partial charge in [-0.15, -0.1) is 0 Å². The standard InChI is InChI=1S/C20H23FN4O3/c1-13(2)23-17-11-15(5-8-18(17)25(27)28)20(26)24-10-9-22-12-19(24)14-3-6-16(21)7-4-14/h3-8,11,13,19,22-23H,9-10,12H2,1-2H3. The van der Waals surface area contributed by atoms with Crippen LogP contribution in [0.5, 0.6) is 0 Å². The van der Waals surface area contributed by atoms with Gasteiger partial charge in [0.05, 0.1) is 11.0 Å². The summed E-state index contributed by atoms with van der Waals surface area (Å²) in [6, 6.07) is 10.2. The minimum Gasteiger partial charge on any atom is -0.377 e. The third kappa shape index (κ3) is 4.28. The smallest absolute Gasteiger partial charge is 0.292 e. The first-order chi connectivity index (χ1) is 13.4. The molecule has 1 saturated heterocycles. The molecule has 2 N–H and O–H groups in total. The summed E-state index contributed by atoms with van der Waals surface area (Å²) in [6.45, 7) is 5.44. The summed E-state index contributed by atoms with van der Waals surface area (Å²) in [4.78, 5) is 25.7. The summed E-state index contributed by atoms with van der Waals surface area (Å²) in [6.07, 6.45) is 0. The molecule has 7 nitrogen and oxygen atoms in total. The minimum atomic E-state index is -0.467. The van der Waals surface area contributed by atoms with E-state index in [2.05, 4.69) is 10.6 Å². The van der Waals surface area contributed by atoms with Gasteiger partial charge in [-0.2, -0.15) is 0 Å². The quantitative estimate of drug-likeness (QED) is 0.608. The molecule has 0 spiro atoms. The summed E-state index contributed by atoms with van der Waals surface area (Å²) in [5, 5.41) is 17.6. The highest BCUT2D eigenvalue weighted by Gasteiger charge is 2.29. The van der Waals surface area contributed by atoms with Gasteiger partial charge < -0.3 is 15.5 Å². The number of hydrogen-bond donors (Lipinski definition) is 2. The number of hydrogen-bond acceptors (Lipinski definition) is 5. The first-order valence-corrected chi connectivity index (χ1v) is 9.19. The average Bonchev–Trinajstić information content (AvgIpc) is 2.67. The first-order valence-electron chi connectivity index (χ1n) is 9.19. The molecule has 1 atom stereocenters. The number of benzene rings is 2. The Labute approximate surface area is 162 Å². The van der Waals surface area contributed by atoms with Crippen LogP contribution in [0.4, 0.5) is 15.8 Å². The molecule has 3 rings (SSSR count). The number of carbonyl (C=O) groups is 1. The molecule has 1 amide bonds. The van der Waals surface area contributed by atoms with Crippen molar-refractivity contribution >= 4 is 17.3 Å². The molecule has 0 saturated carbocycles. The van der Waals surface area contributed by atoms with E-state index in [1.807, 2.05) is 13.8 Å². The van der Waals surface area contributed by atoms with Crippen LogP contribution in [0.1, 0.15) is 35.8 Å². The molecule has 1 fully saturated rings. The lowest BCUT2D eigenvalue weighted by Crippen LogP contribution is -2.48. The van der Waals surface area contributed by atoms with Crippen molar-refractivity contribution in [2.45, 2.75) is 25.9 Å². The summed E-state index contributed by atoms with van der Waals surface area (Å²) in [7, 11) is 0. The second-order valence-corrected chi connectivity index (χ2v) is 7.06. The van der Waals surface area contributed by atoms with Gasteiger partial charge in [0.1, 0.15) is 11.5 Å². The van der Waals surface area contributed by atoms with Crippen LogP contribution >= 0.6 is 0 Å². The molecule has 2 aromatic carbocycles. The van der Waals surface area contributed by atoms with Gasteiger partial charge in [-0.25, -0.2) is 4.39 Å². The van der Waals surface area contributed by atoms with E-state index in [1.54, 1.807) is 17.0 Å². The predicted molar refractivity (Wildman–Crippen MR) is 105 cm³/mol. The Kier molecular flexibility index (Phi) is 5.89. The third-order valence-corrected chi connectivity index (χ3v) is 4.64. The van der Waals surface area contributed by atoms with Gasteiger partial charge in [-0.3, -0.25) is 14.9 Å². The topological polar surface area (TPSA) is 87.5 Å². The zero-order valence-electron chi connectivity index (χ0n) is 15.8. The van der Waals surface area contributed by atoms with Crippen molar-refractivity contribution in [1.82, 2.24) is 10.2 Å². The van der Waals surface area contributed by atoms with E-state index in [1.165, 1.54) is 30.3 Å². The van der Waals surface area contributed by atoms with Crippen LogP contribution < -0.4 is 10.6 Å². The number of rotatable bonds is 5. The molecule has 0 aliphatic carbocycles. The van der Waals surface area contributed by atoms with Crippen molar-refractivity contribution in [3.8, 4) is 0 Å². The van der Waals surface area contributed by atoms with Crippen LogP contribution in [-0.2, 0) is 0 Å². The van der Waals surface area contributed by atoms with Crippen molar-refractivity contribution in [3.63, 3.8) is 0 Å². The Bertz CT molecular complexity index is 870. The van der Waals surface area contributed by atoms with Crippen molar-refractivity contribution in [1.29, 1.82) is 0 Å². The maximum absolute atomic E-state index is 13.3. The molecule has 8 heteroatoms. The molecule has 1 aliphatic heterocycles. The monoisotopic (exact) mass is 386 g/mol. The Balaban J connectivity index is 1.92. The van der Waals surface area contributed by atoms with Gasteiger partial charge in [-0.05, 0) is 43.7 Å². The fourth-order valence-corrected chi connectivity index (χ4v) is 3.35. The zero-order valence-corrected chi connectivity index (χ0v) is 15.8. The maximum Gasteiger partial charge on any atom is 0.292 e. The van der Waals surface area contributed by atoms with Crippen LogP contribution in [-0.4, -0.2) is 41.4 Å². The van der Waals surface area contributed by atoms with Crippen LogP contribution in [0.3, 0.4) is 0 Å². The molecule has 28 heavy (non-hydrogen) atoms. The molecule has 1 aliphatic rings. The number of nitrogens with zero attached hydrogens (tertiary/aromatic N) is 2. The zero-order chi connectivity index (χ0) is 20.3. The lowest BCUT2D eigenvalue weighted by atomic mass is 10.0. The molecule has 1 heterocycles. The van der Waals surface area contributed by atoms with E-state index in [4.69, 9.17) is 0 Å². The van der Waals surface area contributed by atoms with Gasteiger partial charge in [0.2, 0.25) is 0 Å². The van der Waals surface area contributed by atoms with Gasteiger partial charge in [0, 0.05) is 37.3 Å². The van der Waals surface area contributed by atoms with Gasteiger partial charge in [-0.1, -0.05) is 12.1 Å². The van der Waals surface area contributed by atoms with Gasteiger partial charge in [0.25, 0.3) is 11.6 Å². The van der Waals surface area contributed by atoms with E-state index in [9.17, 15) is 19.3 Å². The van der Waals surface area contributed by atoms with Crippen molar-refractivity contribution < 1.29 is 14.1 Å². The van der Waals surface area contributed by atoms with Crippen molar-refractivity contribution in [3.05, 3.63) is 69.5 Å². The van der Waals surface area contributed by atoms with E-state index in [-0.39, 0.29) is 29.5 Å². The fraction of sp³-hybridized carbons (Fsp3) is 0.350. The molecule has 0 radical (unpaired) electrons. The van der Waals surface area contributed by atoms with Crippen LogP contribution in [0, 0.1) is 15.9 Å². The Hall–Kier alpha value is -3.00. The summed E-state index contributed by atoms with van der Waals surface area (Å²) >= 11 is 0. The van der Waals surface area contributed by atoms with E-state index < -0.39 is 4.92 Å². The highest BCUT2D eigenvalue weighted by molar-refractivity contribution is 5.96. The summed E-state index contributed by atoms with van der Waals surface area (Å²) in [5.74, 6) is -0.539. The lowest BCUT2D eigenvalue weighted by molar-refractivity contribution is -0.384. The Morgan fingerprint density at radius 3 is 2.64 bits per heavy atom. The number of halogens is 1. The van der Waals surface area contributed by atoms with E-state index in [0.717, 1.165) is 5.56 Å². The van der Waals surface area contributed by atoms with Gasteiger partial charge in [0.15, 0.2) is 0 Å². The normalized spacial score (nSPS) is 16.9. The fourth-order valence-electron chi connectivity index (χ4n) is 3.35. The maximum atomic E-state index is 13.3. The Morgan fingerprint density at radius 2 is 2.00 bits per heavy atom. The number of anilines is 1. The summed E-state index contributed by atoms with van der Waals surface area (Å²) < 4.78 is 13.3. The minimum absolute atomic E-state index is 0.0183. The molecule has 0 aromatic heterocycles. The Morgan fingerprint density at radius 1 is 1.29 bits per heavy atom. The van der Waals surface area contributed by atoms with Crippen molar-refractivity contribution in [2.75, 3.05) is 25.0 Å². The molecular weight excluding hydrogens is 363 g/mol. The summed E-state index contributed by atoms with van der Waals surface area (Å²) in [5.41, 5.74) is 1.46. The number of amides is 1. The van der Waals surface area contributed by atoms with E-state index >= 15 is 0 Å². The predicted octanol–water partition coefficient (Wildman–Crippen LogP) is 3.34.